The Labute approximate surface area is 105 Å². The molecule has 0 aliphatic heterocycles. The predicted molar refractivity (Wildman–Crippen MR) is 65.3 cm³/mol. The summed E-state index contributed by atoms with van der Waals surface area (Å²) in [6.45, 7) is 1.91. The maximum absolute atomic E-state index is 10.2. The number of nitrogens with zero attached hydrogens (tertiary/aromatic N) is 1. The van der Waals surface area contributed by atoms with Gasteiger partial charge in [0.05, 0.1) is 19.9 Å². The van der Waals surface area contributed by atoms with Gasteiger partial charge < -0.3 is 19.4 Å². The molecule has 0 saturated heterocycles. The Balaban J connectivity index is 2.81. The summed E-state index contributed by atoms with van der Waals surface area (Å²) in [5, 5.41) is 11.9. The zero-order chi connectivity index (χ0) is 13.4. The van der Waals surface area contributed by atoms with E-state index in [-0.39, 0.29) is 0 Å². The lowest BCUT2D eigenvalue weighted by Crippen LogP contribution is -2.03. The molecule has 18 heavy (non-hydrogen) atoms. The molecule has 0 bridgehead atoms. The van der Waals surface area contributed by atoms with E-state index in [4.69, 9.17) is 14.6 Å². The number of oxime groups is 1. The van der Waals surface area contributed by atoms with E-state index in [1.807, 2.05) is 6.92 Å². The van der Waals surface area contributed by atoms with Gasteiger partial charge in [-0.15, -0.1) is 0 Å². The zero-order valence-electron chi connectivity index (χ0n) is 10.3. The minimum Gasteiger partial charge on any atom is -0.492 e. The third-order valence-electron chi connectivity index (χ3n) is 1.97. The monoisotopic (exact) mass is 253 g/mol. The Bertz CT molecular complexity index is 430. The van der Waals surface area contributed by atoms with Crippen LogP contribution in [0.5, 0.6) is 11.5 Å². The molecule has 0 spiro atoms. The van der Waals surface area contributed by atoms with Crippen LogP contribution < -0.4 is 9.47 Å². The number of methoxy groups -OCH3 is 1. The number of ether oxygens (including phenoxy) is 2. The lowest BCUT2D eigenvalue weighted by molar-refractivity contribution is -0.142. The first-order valence-electron chi connectivity index (χ1n) is 5.36. The molecule has 0 amide bonds. The zero-order valence-corrected chi connectivity index (χ0v) is 10.3. The second-order valence-corrected chi connectivity index (χ2v) is 3.21. The highest BCUT2D eigenvalue weighted by Crippen LogP contribution is 2.29. The maximum Gasteiger partial charge on any atom is 0.344 e. The van der Waals surface area contributed by atoms with Crippen molar-refractivity contribution in [2.24, 2.45) is 5.16 Å². The molecule has 0 aromatic heterocycles. The van der Waals surface area contributed by atoms with Crippen molar-refractivity contribution in [2.45, 2.75) is 6.92 Å². The Morgan fingerprint density at radius 2 is 2.28 bits per heavy atom. The number of benzene rings is 1. The fourth-order valence-electron chi connectivity index (χ4n) is 1.31. The highest BCUT2D eigenvalue weighted by atomic mass is 16.6. The van der Waals surface area contributed by atoms with Gasteiger partial charge in [0.25, 0.3) is 0 Å². The molecule has 6 nitrogen and oxygen atoms in total. The molecular weight excluding hydrogens is 238 g/mol. The molecule has 1 N–H and O–H groups in total. The van der Waals surface area contributed by atoms with Gasteiger partial charge in [-0.2, -0.15) is 0 Å². The van der Waals surface area contributed by atoms with Crippen LogP contribution in [0.3, 0.4) is 0 Å². The molecule has 0 atom stereocenters. The van der Waals surface area contributed by atoms with Crippen LogP contribution >= 0.6 is 0 Å². The quantitative estimate of drug-likeness (QED) is 0.589. The van der Waals surface area contributed by atoms with Crippen molar-refractivity contribution in [2.75, 3.05) is 20.3 Å². The molecule has 0 aliphatic rings. The van der Waals surface area contributed by atoms with E-state index >= 15 is 0 Å². The minimum absolute atomic E-state index is 0.482. The van der Waals surface area contributed by atoms with Gasteiger partial charge in [-0.25, -0.2) is 4.79 Å². The fourth-order valence-corrected chi connectivity index (χ4v) is 1.31. The smallest absolute Gasteiger partial charge is 0.344 e. The van der Waals surface area contributed by atoms with Crippen molar-refractivity contribution >= 4 is 12.2 Å². The number of rotatable bonds is 7. The third-order valence-corrected chi connectivity index (χ3v) is 1.97. The second-order valence-electron chi connectivity index (χ2n) is 3.21. The molecule has 0 unspecified atom stereocenters. The fraction of sp³-hybridized carbons (Fsp3) is 0.333. The SMILES string of the molecule is CCOc1cccc(C=NOCC(=O)O)c1OC. The van der Waals surface area contributed by atoms with E-state index in [1.165, 1.54) is 13.3 Å². The highest BCUT2D eigenvalue weighted by Gasteiger charge is 2.08. The average molecular weight is 253 g/mol. The van der Waals surface area contributed by atoms with Crippen LogP contribution in [0.15, 0.2) is 23.4 Å². The molecule has 0 saturated carbocycles. The Morgan fingerprint density at radius 1 is 1.50 bits per heavy atom. The Morgan fingerprint density at radius 3 is 2.89 bits per heavy atom. The molecule has 1 aromatic carbocycles. The summed E-state index contributed by atoms with van der Waals surface area (Å²) >= 11 is 0. The van der Waals surface area contributed by atoms with Crippen LogP contribution in [-0.4, -0.2) is 37.6 Å². The van der Waals surface area contributed by atoms with Gasteiger partial charge in [-0.3, -0.25) is 0 Å². The average Bonchev–Trinajstić information content (AvgIpc) is 2.35. The van der Waals surface area contributed by atoms with Crippen LogP contribution in [-0.2, 0) is 9.63 Å². The van der Waals surface area contributed by atoms with E-state index in [9.17, 15) is 4.79 Å². The van der Waals surface area contributed by atoms with Crippen LogP contribution in [0.1, 0.15) is 12.5 Å². The van der Waals surface area contributed by atoms with E-state index in [2.05, 4.69) is 9.99 Å². The van der Waals surface area contributed by atoms with Crippen LogP contribution in [0, 0.1) is 0 Å². The first-order valence-corrected chi connectivity index (χ1v) is 5.36. The van der Waals surface area contributed by atoms with E-state index in [0.29, 0.717) is 23.7 Å². The number of para-hydroxylation sites is 1. The van der Waals surface area contributed by atoms with E-state index in [0.717, 1.165) is 0 Å². The van der Waals surface area contributed by atoms with E-state index in [1.54, 1.807) is 18.2 Å². The predicted octanol–water partition coefficient (Wildman–Crippen LogP) is 1.53. The van der Waals surface area contributed by atoms with Gasteiger partial charge in [0.15, 0.2) is 11.5 Å². The number of carboxylic acid groups (broad SMARTS) is 1. The number of carboxylic acids is 1. The summed E-state index contributed by atoms with van der Waals surface area (Å²) in [5.41, 5.74) is 0.647. The first kappa shape index (κ1) is 13.8. The van der Waals surface area contributed by atoms with Gasteiger partial charge in [0.1, 0.15) is 0 Å². The molecule has 1 rings (SSSR count). The van der Waals surface area contributed by atoms with Crippen molar-refractivity contribution in [3.8, 4) is 11.5 Å². The molecule has 0 aliphatic carbocycles. The number of carbonyl (C=O) groups is 1. The standard InChI is InChI=1S/C12H15NO5/c1-3-17-10-6-4-5-9(12(10)16-2)7-13-18-8-11(14)15/h4-7H,3,8H2,1-2H3,(H,14,15). The van der Waals surface area contributed by atoms with Gasteiger partial charge in [-0.1, -0.05) is 11.2 Å². The molecular formula is C12H15NO5. The van der Waals surface area contributed by atoms with Crippen molar-refractivity contribution in [1.29, 1.82) is 0 Å². The first-order chi connectivity index (χ1) is 8.69. The van der Waals surface area contributed by atoms with Crippen molar-refractivity contribution < 1.29 is 24.2 Å². The number of hydrogen-bond donors (Lipinski definition) is 1. The van der Waals surface area contributed by atoms with Crippen molar-refractivity contribution in [3.63, 3.8) is 0 Å². The summed E-state index contributed by atoms with van der Waals surface area (Å²) in [6.07, 6.45) is 1.38. The number of hydrogen-bond acceptors (Lipinski definition) is 5. The second kappa shape index (κ2) is 7.16. The lowest BCUT2D eigenvalue weighted by atomic mass is 10.2. The van der Waals surface area contributed by atoms with Gasteiger partial charge in [0.2, 0.25) is 6.61 Å². The van der Waals surface area contributed by atoms with Crippen molar-refractivity contribution in [1.82, 2.24) is 0 Å². The minimum atomic E-state index is -1.08. The Kier molecular flexibility index (Phi) is 5.50. The molecule has 0 radical (unpaired) electrons. The van der Waals surface area contributed by atoms with Gasteiger partial charge >= 0.3 is 5.97 Å². The summed E-state index contributed by atoms with van der Waals surface area (Å²) in [7, 11) is 1.52. The number of aliphatic carboxylic acids is 1. The van der Waals surface area contributed by atoms with E-state index < -0.39 is 12.6 Å². The molecule has 0 heterocycles. The molecule has 0 fully saturated rings. The largest absolute Gasteiger partial charge is 0.492 e. The van der Waals surface area contributed by atoms with Gasteiger partial charge in [-0.05, 0) is 19.1 Å². The van der Waals surface area contributed by atoms with Crippen LogP contribution in [0.25, 0.3) is 0 Å². The molecule has 6 heteroatoms. The normalized spacial score (nSPS) is 10.3. The topological polar surface area (TPSA) is 77.4 Å². The summed E-state index contributed by atoms with van der Waals surface area (Å²) in [5.74, 6) is 0.0476. The lowest BCUT2D eigenvalue weighted by Gasteiger charge is -2.10. The van der Waals surface area contributed by atoms with Crippen LogP contribution in [0.4, 0.5) is 0 Å². The highest BCUT2D eigenvalue weighted by molar-refractivity contribution is 5.84. The van der Waals surface area contributed by atoms with Gasteiger partial charge in [0, 0.05) is 5.56 Å². The molecule has 1 aromatic rings. The van der Waals surface area contributed by atoms with Crippen molar-refractivity contribution in [3.05, 3.63) is 23.8 Å². The van der Waals surface area contributed by atoms with Crippen LogP contribution in [0.2, 0.25) is 0 Å². The maximum atomic E-state index is 10.2. The summed E-state index contributed by atoms with van der Waals surface area (Å²) in [6, 6.07) is 5.32. The Hall–Kier alpha value is -2.24. The summed E-state index contributed by atoms with van der Waals surface area (Å²) < 4.78 is 10.6. The third kappa shape index (κ3) is 3.97. The molecule has 98 valence electrons. The summed E-state index contributed by atoms with van der Waals surface area (Å²) in [4.78, 5) is 14.8.